The second-order valence-corrected chi connectivity index (χ2v) is 4.02. The van der Waals surface area contributed by atoms with Gasteiger partial charge in [0.05, 0.1) is 0 Å². The molecule has 0 fully saturated rings. The van der Waals surface area contributed by atoms with E-state index in [1.165, 1.54) is 0 Å². The van der Waals surface area contributed by atoms with E-state index < -0.39 is 0 Å². The third-order valence-electron chi connectivity index (χ3n) is 0. The molecule has 0 aliphatic carbocycles. The summed E-state index contributed by atoms with van der Waals surface area (Å²) in [5.41, 5.74) is 0. The fraction of sp³-hybridized carbons (Fsp3) is 0.600. The maximum atomic E-state index is 2.88. The Morgan fingerprint density at radius 1 is 1.00 bits per heavy atom. The van der Waals surface area contributed by atoms with Gasteiger partial charge in [-0.05, 0) is 20.0 Å². The van der Waals surface area contributed by atoms with E-state index in [1.807, 2.05) is 0 Å². The van der Waals surface area contributed by atoms with Crippen molar-refractivity contribution in [3.8, 4) is 0 Å². The molecule has 0 amide bonds. The molecule has 0 aliphatic rings. The Bertz CT molecular complexity index is 17.1. The summed E-state index contributed by atoms with van der Waals surface area (Å²) in [7, 11) is 0.380. The van der Waals surface area contributed by atoms with Crippen molar-refractivity contribution in [3.63, 3.8) is 0 Å². The van der Waals surface area contributed by atoms with Crippen LogP contribution >= 0.6 is 20.9 Å². The van der Waals surface area contributed by atoms with Gasteiger partial charge in [-0.15, -0.1) is 7.92 Å². The summed E-state index contributed by atoms with van der Waals surface area (Å²) in [5.74, 6) is 0. The van der Waals surface area contributed by atoms with Gasteiger partial charge in [0.25, 0.3) is 0 Å². The molecule has 0 saturated carbocycles. The zero-order valence-corrected chi connectivity index (χ0v) is 10.8. The topological polar surface area (TPSA) is 0 Å². The largest absolute Gasteiger partial charge is 0.358 e. The van der Waals surface area contributed by atoms with Crippen LogP contribution in [0.25, 0.3) is 0 Å². The number of rotatable bonds is 0. The van der Waals surface area contributed by atoms with Crippen molar-refractivity contribution in [1.82, 2.24) is 0 Å². The first kappa shape index (κ1) is 22.6. The predicted octanol–water partition coefficient (Wildman–Crippen LogP) is 3.10. The van der Waals surface area contributed by atoms with Crippen LogP contribution in [0.5, 0.6) is 0 Å². The van der Waals surface area contributed by atoms with E-state index >= 15 is 0 Å². The van der Waals surface area contributed by atoms with E-state index in [-0.39, 0.29) is 14.9 Å². The minimum atomic E-state index is 0. The normalized spacial score (nSPS) is 5.38. The molecule has 0 rings (SSSR count). The quantitative estimate of drug-likeness (QED) is 0.343. The van der Waals surface area contributed by atoms with E-state index in [1.54, 1.807) is 0 Å². The van der Waals surface area contributed by atoms with E-state index in [2.05, 4.69) is 52.0 Å². The molecule has 0 saturated heterocycles. The molecule has 0 unspecified atom stereocenters. The SMILES string of the molecule is CP(C)C.[Br][Au].[CH3-].[CH3-]. The van der Waals surface area contributed by atoms with Crippen molar-refractivity contribution in [3.05, 3.63) is 14.9 Å². The molecular weight excluding hydrogens is 368 g/mol. The second-order valence-electron chi connectivity index (χ2n) is 1.34. The number of hydrogen-bond acceptors (Lipinski definition) is 0. The van der Waals surface area contributed by atoms with Gasteiger partial charge in [-0.1, -0.05) is 0 Å². The smallest absolute Gasteiger partial charge is 0.358 e. The monoisotopic (exact) mass is 382 g/mol. The van der Waals surface area contributed by atoms with E-state index in [4.69, 9.17) is 0 Å². The molecule has 8 heavy (non-hydrogen) atoms. The van der Waals surface area contributed by atoms with Crippen molar-refractivity contribution in [1.29, 1.82) is 0 Å². The molecule has 0 N–H and O–H groups in total. The molecule has 0 aliphatic heterocycles. The van der Waals surface area contributed by atoms with Gasteiger partial charge in [0, 0.05) is 0 Å². The Morgan fingerprint density at radius 2 is 1.00 bits per heavy atom. The molecule has 0 spiro atoms. The Kier molecular flexibility index (Phi) is 66.2. The van der Waals surface area contributed by atoms with Crippen LogP contribution in [0.1, 0.15) is 0 Å². The van der Waals surface area contributed by atoms with Gasteiger partial charge in [-0.25, -0.2) is 0 Å². The summed E-state index contributed by atoms with van der Waals surface area (Å²) >= 11 is 4.97. The van der Waals surface area contributed by atoms with Crippen LogP contribution in [0.4, 0.5) is 0 Å². The molecule has 0 nitrogen and oxygen atoms in total. The summed E-state index contributed by atoms with van der Waals surface area (Å²) in [4.78, 5) is 0. The van der Waals surface area contributed by atoms with Crippen molar-refractivity contribution in [2.24, 2.45) is 0 Å². The Morgan fingerprint density at radius 3 is 1.00 bits per heavy atom. The van der Waals surface area contributed by atoms with Crippen LogP contribution in [0.3, 0.4) is 0 Å². The minimum absolute atomic E-state index is 0. The van der Waals surface area contributed by atoms with Crippen molar-refractivity contribution >= 4 is 20.9 Å². The van der Waals surface area contributed by atoms with Gasteiger partial charge in [-0.2, -0.15) is 0 Å². The van der Waals surface area contributed by atoms with Gasteiger partial charge in [0.15, 0.2) is 0 Å². The summed E-state index contributed by atoms with van der Waals surface area (Å²) in [6.45, 7) is 6.69. The summed E-state index contributed by atoms with van der Waals surface area (Å²) in [6.07, 6.45) is 0. The molecule has 0 aromatic heterocycles. The Labute approximate surface area is 74.5 Å². The molecule has 0 aromatic rings. The average Bonchev–Trinajstić information content (AvgIpc) is 1.41. The van der Waals surface area contributed by atoms with Crippen LogP contribution in [-0.4, -0.2) is 20.0 Å². The van der Waals surface area contributed by atoms with Crippen LogP contribution in [0, 0.1) is 14.9 Å². The first-order chi connectivity index (χ1) is 2.73. The maximum Gasteiger partial charge on any atom is -0.358 e. The van der Waals surface area contributed by atoms with E-state index in [0.717, 1.165) is 0 Å². The first-order valence-corrected chi connectivity index (χ1v) is 8.87. The molecule has 0 atom stereocenters. The zero-order chi connectivity index (χ0) is 5.58. The van der Waals surface area contributed by atoms with Crippen molar-refractivity contribution in [2.75, 3.05) is 20.0 Å². The fourth-order valence-electron chi connectivity index (χ4n) is 0. The van der Waals surface area contributed by atoms with E-state index in [0.29, 0.717) is 7.92 Å². The summed E-state index contributed by atoms with van der Waals surface area (Å²) in [5, 5.41) is 0. The second kappa shape index (κ2) is 23.4. The third-order valence-corrected chi connectivity index (χ3v) is 0. The van der Waals surface area contributed by atoms with Gasteiger partial charge in [-0.3, -0.25) is 0 Å². The van der Waals surface area contributed by atoms with Gasteiger partial charge >= 0.3 is 32.0 Å². The minimum Gasteiger partial charge on any atom is -0.358 e. The standard InChI is InChI=1S/C3H9P.2CH3.Au.BrH/c1-4(2)3;;;;/h1-3H3;2*1H3;;1H/q;2*-1;+1;/p-1. The van der Waals surface area contributed by atoms with Gasteiger partial charge < -0.3 is 14.9 Å². The van der Waals surface area contributed by atoms with Crippen molar-refractivity contribution in [2.45, 2.75) is 0 Å². The average molecular weight is 383 g/mol. The predicted molar refractivity (Wildman–Crippen MR) is 46.4 cm³/mol. The third kappa shape index (κ3) is 124. The first-order valence-electron chi connectivity index (χ1n) is 1.46. The van der Waals surface area contributed by atoms with Crippen molar-refractivity contribution < 1.29 is 18.9 Å². The summed E-state index contributed by atoms with van der Waals surface area (Å²) < 4.78 is 0. The van der Waals surface area contributed by atoms with Crippen LogP contribution in [0.2, 0.25) is 0 Å². The van der Waals surface area contributed by atoms with Gasteiger partial charge in [0.2, 0.25) is 0 Å². The number of hydrogen-bond donors (Lipinski definition) is 0. The van der Waals surface area contributed by atoms with Gasteiger partial charge in [0.1, 0.15) is 0 Å². The molecule has 3 heteroatoms. The molecule has 60 valence electrons. The zero-order valence-electron chi connectivity index (χ0n) is 6.13. The molecule has 0 radical (unpaired) electrons. The molecule has 0 heterocycles. The maximum absolute atomic E-state index is 2.88. The Hall–Kier alpha value is 1.65. The Balaban J connectivity index is -0.0000000183. The van der Waals surface area contributed by atoms with E-state index in [9.17, 15) is 0 Å². The number of halogens is 1. The van der Waals surface area contributed by atoms with Crippen LogP contribution < -0.4 is 0 Å². The van der Waals surface area contributed by atoms with Crippen LogP contribution in [-0.2, 0) is 18.9 Å². The molecular formula is C5H15AuBrP-2. The molecule has 0 bridgehead atoms. The summed E-state index contributed by atoms with van der Waals surface area (Å²) in [6, 6.07) is 0. The fourth-order valence-corrected chi connectivity index (χ4v) is 0. The van der Waals surface area contributed by atoms with Crippen LogP contribution in [0.15, 0.2) is 0 Å². The molecule has 0 aromatic carbocycles.